The van der Waals surface area contributed by atoms with Gasteiger partial charge in [-0.25, -0.2) is 0 Å². The Bertz CT molecular complexity index is 1080. The topological polar surface area (TPSA) is 85.2 Å². The Kier molecular flexibility index (Phi) is 6.80. The van der Waals surface area contributed by atoms with E-state index in [-0.39, 0.29) is 5.91 Å². The predicted molar refractivity (Wildman–Crippen MR) is 122 cm³/mol. The zero-order valence-corrected chi connectivity index (χ0v) is 19.0. The third-order valence-electron chi connectivity index (χ3n) is 6.00. The number of hydrogen-bond donors (Lipinski definition) is 1. The molecule has 3 aromatic rings. The van der Waals surface area contributed by atoms with Crippen LogP contribution in [-0.4, -0.2) is 57.3 Å². The standard InChI is InChI=1S/C24H30N6O2/c1-17-14-21(32-3)18(2)13-20(17)16-29-10-7-23-28-27-22(30(23)12-11-29)6-9-26-24(31)19-5-4-8-25-15-19/h4-5,8,13-15H,6-7,9-12,16H2,1-3H3,(H,26,31). The van der Waals surface area contributed by atoms with Crippen LogP contribution in [-0.2, 0) is 25.9 Å². The highest BCUT2D eigenvalue weighted by molar-refractivity contribution is 5.93. The van der Waals surface area contributed by atoms with Gasteiger partial charge in [0, 0.05) is 58.0 Å². The van der Waals surface area contributed by atoms with Gasteiger partial charge in [-0.05, 0) is 48.7 Å². The second-order valence-electron chi connectivity index (χ2n) is 8.21. The fourth-order valence-electron chi connectivity index (χ4n) is 4.14. The number of hydrogen-bond acceptors (Lipinski definition) is 6. The molecule has 8 heteroatoms. The molecule has 0 unspecified atom stereocenters. The van der Waals surface area contributed by atoms with E-state index in [1.807, 2.05) is 0 Å². The molecule has 1 aromatic carbocycles. The minimum atomic E-state index is -0.120. The van der Waals surface area contributed by atoms with Gasteiger partial charge in [-0.15, -0.1) is 10.2 Å². The van der Waals surface area contributed by atoms with E-state index in [0.717, 1.165) is 55.6 Å². The first-order valence-electron chi connectivity index (χ1n) is 11.0. The molecule has 0 saturated carbocycles. The molecule has 0 aliphatic carbocycles. The summed E-state index contributed by atoms with van der Waals surface area (Å²) >= 11 is 0. The lowest BCUT2D eigenvalue weighted by molar-refractivity contribution is 0.0953. The van der Waals surface area contributed by atoms with Gasteiger partial charge in [0.2, 0.25) is 0 Å². The average molecular weight is 435 g/mol. The largest absolute Gasteiger partial charge is 0.496 e. The number of methoxy groups -OCH3 is 1. The first-order valence-corrected chi connectivity index (χ1v) is 11.0. The van der Waals surface area contributed by atoms with Gasteiger partial charge in [0.25, 0.3) is 5.91 Å². The Morgan fingerprint density at radius 2 is 2.03 bits per heavy atom. The van der Waals surface area contributed by atoms with Gasteiger partial charge in [0.1, 0.15) is 17.4 Å². The molecule has 2 aromatic heterocycles. The molecule has 0 radical (unpaired) electrons. The number of pyridine rings is 1. The van der Waals surface area contributed by atoms with Crippen LogP contribution in [0.5, 0.6) is 5.75 Å². The first-order chi connectivity index (χ1) is 15.5. The second-order valence-corrected chi connectivity index (χ2v) is 8.21. The number of aryl methyl sites for hydroxylation is 2. The van der Waals surface area contributed by atoms with Crippen molar-refractivity contribution in [1.29, 1.82) is 0 Å². The summed E-state index contributed by atoms with van der Waals surface area (Å²) in [5.41, 5.74) is 4.31. The monoisotopic (exact) mass is 434 g/mol. The highest BCUT2D eigenvalue weighted by Crippen LogP contribution is 2.24. The van der Waals surface area contributed by atoms with E-state index in [2.05, 4.69) is 55.9 Å². The van der Waals surface area contributed by atoms with Crippen molar-refractivity contribution < 1.29 is 9.53 Å². The highest BCUT2D eigenvalue weighted by Gasteiger charge is 2.19. The summed E-state index contributed by atoms with van der Waals surface area (Å²) < 4.78 is 7.66. The van der Waals surface area contributed by atoms with E-state index >= 15 is 0 Å². The maximum absolute atomic E-state index is 12.2. The molecular weight excluding hydrogens is 404 g/mol. The maximum Gasteiger partial charge on any atom is 0.252 e. The molecule has 1 aliphatic rings. The van der Waals surface area contributed by atoms with Crippen LogP contribution in [0.3, 0.4) is 0 Å². The molecule has 3 heterocycles. The number of benzene rings is 1. The number of nitrogens with zero attached hydrogens (tertiary/aromatic N) is 5. The van der Waals surface area contributed by atoms with Crippen LogP contribution in [0.1, 0.15) is 38.7 Å². The number of carbonyl (C=O) groups is 1. The Balaban J connectivity index is 1.34. The molecule has 0 atom stereocenters. The van der Waals surface area contributed by atoms with Crippen LogP contribution in [0.2, 0.25) is 0 Å². The van der Waals surface area contributed by atoms with E-state index in [4.69, 9.17) is 4.74 Å². The highest BCUT2D eigenvalue weighted by atomic mass is 16.5. The number of ether oxygens (including phenoxy) is 1. The van der Waals surface area contributed by atoms with E-state index < -0.39 is 0 Å². The van der Waals surface area contributed by atoms with Crippen molar-refractivity contribution in [2.24, 2.45) is 0 Å². The van der Waals surface area contributed by atoms with Crippen molar-refractivity contribution in [2.75, 3.05) is 26.7 Å². The molecule has 1 aliphatic heterocycles. The van der Waals surface area contributed by atoms with Crippen molar-refractivity contribution in [1.82, 2.24) is 30.0 Å². The number of nitrogens with one attached hydrogen (secondary N) is 1. The van der Waals surface area contributed by atoms with E-state index in [1.54, 1.807) is 31.6 Å². The molecular formula is C24H30N6O2. The molecule has 32 heavy (non-hydrogen) atoms. The summed E-state index contributed by atoms with van der Waals surface area (Å²) in [7, 11) is 1.72. The molecule has 0 spiro atoms. The zero-order chi connectivity index (χ0) is 22.5. The minimum Gasteiger partial charge on any atom is -0.496 e. The second kappa shape index (κ2) is 9.91. The number of fused-ring (bicyclic) bond motifs is 1. The van der Waals surface area contributed by atoms with Crippen LogP contribution in [0.15, 0.2) is 36.7 Å². The summed E-state index contributed by atoms with van der Waals surface area (Å²) in [5, 5.41) is 11.7. The van der Waals surface area contributed by atoms with E-state index in [9.17, 15) is 4.79 Å². The van der Waals surface area contributed by atoms with E-state index in [1.165, 1.54) is 11.1 Å². The van der Waals surface area contributed by atoms with Gasteiger partial charge in [-0.3, -0.25) is 14.7 Å². The molecule has 1 N–H and O–H groups in total. The summed E-state index contributed by atoms with van der Waals surface area (Å²) in [6.45, 7) is 8.38. The summed E-state index contributed by atoms with van der Waals surface area (Å²) in [5.74, 6) is 2.76. The van der Waals surface area contributed by atoms with Crippen LogP contribution in [0.4, 0.5) is 0 Å². The van der Waals surface area contributed by atoms with Crippen molar-refractivity contribution >= 4 is 5.91 Å². The van der Waals surface area contributed by atoms with Gasteiger partial charge < -0.3 is 14.6 Å². The fourth-order valence-corrected chi connectivity index (χ4v) is 4.14. The smallest absolute Gasteiger partial charge is 0.252 e. The Morgan fingerprint density at radius 1 is 1.16 bits per heavy atom. The van der Waals surface area contributed by atoms with Crippen molar-refractivity contribution in [2.45, 2.75) is 39.8 Å². The lowest BCUT2D eigenvalue weighted by atomic mass is 10.0. The summed E-state index contributed by atoms with van der Waals surface area (Å²) in [4.78, 5) is 18.7. The molecule has 0 saturated heterocycles. The molecule has 0 fully saturated rings. The number of rotatable bonds is 7. The zero-order valence-electron chi connectivity index (χ0n) is 19.0. The van der Waals surface area contributed by atoms with Gasteiger partial charge in [0.05, 0.1) is 12.7 Å². The quantitative estimate of drug-likeness (QED) is 0.614. The molecule has 168 valence electrons. The fraction of sp³-hybridized carbons (Fsp3) is 0.417. The van der Waals surface area contributed by atoms with E-state index in [0.29, 0.717) is 18.5 Å². The third kappa shape index (κ3) is 4.96. The normalized spacial score (nSPS) is 14.0. The van der Waals surface area contributed by atoms with Crippen LogP contribution < -0.4 is 10.1 Å². The van der Waals surface area contributed by atoms with Gasteiger partial charge in [-0.2, -0.15) is 0 Å². The lowest BCUT2D eigenvalue weighted by Gasteiger charge is -2.21. The van der Waals surface area contributed by atoms with Gasteiger partial charge in [-0.1, -0.05) is 6.07 Å². The van der Waals surface area contributed by atoms with Crippen molar-refractivity contribution in [3.63, 3.8) is 0 Å². The Morgan fingerprint density at radius 3 is 2.81 bits per heavy atom. The van der Waals surface area contributed by atoms with Crippen LogP contribution in [0.25, 0.3) is 0 Å². The molecule has 8 nitrogen and oxygen atoms in total. The molecule has 1 amide bonds. The Hall–Kier alpha value is -3.26. The average Bonchev–Trinajstić information content (AvgIpc) is 3.08. The molecule has 0 bridgehead atoms. The first kappa shape index (κ1) is 22.0. The maximum atomic E-state index is 12.2. The van der Waals surface area contributed by atoms with Gasteiger partial charge in [0.15, 0.2) is 0 Å². The Labute approximate surface area is 188 Å². The SMILES string of the molecule is COc1cc(C)c(CN2CCc3nnc(CCNC(=O)c4cccnc4)n3CC2)cc1C. The molecule has 4 rings (SSSR count). The summed E-state index contributed by atoms with van der Waals surface area (Å²) in [6.07, 6.45) is 4.74. The van der Waals surface area contributed by atoms with Crippen LogP contribution >= 0.6 is 0 Å². The van der Waals surface area contributed by atoms with Gasteiger partial charge >= 0.3 is 0 Å². The third-order valence-corrected chi connectivity index (χ3v) is 6.00. The van der Waals surface area contributed by atoms with Crippen LogP contribution in [0, 0.1) is 13.8 Å². The number of amides is 1. The van der Waals surface area contributed by atoms with Crippen molar-refractivity contribution in [3.8, 4) is 5.75 Å². The van der Waals surface area contributed by atoms with Crippen molar-refractivity contribution in [3.05, 3.63) is 70.6 Å². The summed E-state index contributed by atoms with van der Waals surface area (Å²) in [6, 6.07) is 7.87. The lowest BCUT2D eigenvalue weighted by Crippen LogP contribution is -2.28. The minimum absolute atomic E-state index is 0.120. The number of aromatic nitrogens is 4. The number of carbonyl (C=O) groups excluding carboxylic acids is 1. The predicted octanol–water partition coefficient (Wildman–Crippen LogP) is 2.33.